The molecule has 0 aromatic heterocycles. The minimum absolute atomic E-state index is 0.194. The van der Waals surface area contributed by atoms with Crippen molar-refractivity contribution in [3.05, 3.63) is 0 Å². The van der Waals surface area contributed by atoms with E-state index < -0.39 is 0 Å². The Labute approximate surface area is 42.5 Å². The molecule has 0 aromatic rings. The Morgan fingerprint density at radius 3 is 2.86 bits per heavy atom. The molecule has 2 nitrogen and oxygen atoms in total. The molecule has 1 aliphatic rings. The zero-order valence-electron chi connectivity index (χ0n) is 4.09. The van der Waals surface area contributed by atoms with Crippen LogP contribution in [0.1, 0.15) is 6.42 Å². The van der Waals surface area contributed by atoms with Crippen LogP contribution < -0.4 is 0 Å². The fourth-order valence-electron chi connectivity index (χ4n) is 0.660. The molecule has 1 saturated heterocycles. The van der Waals surface area contributed by atoms with Gasteiger partial charge in [0.2, 0.25) is 0 Å². The smallest absolute Gasteiger partial charge is 0.125 e. The van der Waals surface area contributed by atoms with Gasteiger partial charge in [0.1, 0.15) is 6.29 Å². The summed E-state index contributed by atoms with van der Waals surface area (Å²) < 4.78 is 4.92. The number of aldehydes is 1. The van der Waals surface area contributed by atoms with Gasteiger partial charge in [0.25, 0.3) is 0 Å². The summed E-state index contributed by atoms with van der Waals surface area (Å²) in [7, 11) is 0. The van der Waals surface area contributed by atoms with E-state index in [0.717, 1.165) is 19.3 Å². The number of hydrogen-bond donors (Lipinski definition) is 0. The molecule has 1 atom stereocenters. The van der Waals surface area contributed by atoms with Crippen LogP contribution in [0.4, 0.5) is 0 Å². The van der Waals surface area contributed by atoms with Crippen LogP contribution in [-0.2, 0) is 9.53 Å². The van der Waals surface area contributed by atoms with Crippen LogP contribution in [0.5, 0.6) is 0 Å². The highest BCUT2D eigenvalue weighted by Crippen LogP contribution is 2.07. The Kier molecular flexibility index (Phi) is 1.42. The summed E-state index contributed by atoms with van der Waals surface area (Å²) in [6, 6.07) is 0. The molecule has 1 heterocycles. The van der Waals surface area contributed by atoms with Crippen molar-refractivity contribution in [3.63, 3.8) is 0 Å². The van der Waals surface area contributed by atoms with Gasteiger partial charge in [-0.15, -0.1) is 0 Å². The van der Waals surface area contributed by atoms with E-state index in [1.165, 1.54) is 0 Å². The third kappa shape index (κ3) is 0.996. The van der Waals surface area contributed by atoms with Gasteiger partial charge in [-0.05, 0) is 6.42 Å². The van der Waals surface area contributed by atoms with E-state index in [1.54, 1.807) is 0 Å². The van der Waals surface area contributed by atoms with Crippen LogP contribution >= 0.6 is 0 Å². The highest BCUT2D eigenvalue weighted by atomic mass is 16.5. The van der Waals surface area contributed by atoms with Crippen molar-refractivity contribution in [1.82, 2.24) is 0 Å². The normalized spacial score (nSPS) is 30.6. The van der Waals surface area contributed by atoms with E-state index in [-0.39, 0.29) is 5.92 Å². The maximum Gasteiger partial charge on any atom is 0.125 e. The van der Waals surface area contributed by atoms with Crippen LogP contribution in [0, 0.1) is 5.92 Å². The molecule has 0 unspecified atom stereocenters. The molecule has 0 aliphatic carbocycles. The lowest BCUT2D eigenvalue weighted by Crippen LogP contribution is -1.98. The van der Waals surface area contributed by atoms with Crippen LogP contribution in [-0.4, -0.2) is 19.5 Å². The topological polar surface area (TPSA) is 26.3 Å². The van der Waals surface area contributed by atoms with Crippen LogP contribution in [0.3, 0.4) is 0 Å². The molecule has 0 N–H and O–H groups in total. The van der Waals surface area contributed by atoms with Crippen molar-refractivity contribution in [2.24, 2.45) is 5.92 Å². The maximum absolute atomic E-state index is 9.93. The Morgan fingerprint density at radius 1 is 1.71 bits per heavy atom. The second kappa shape index (κ2) is 2.07. The van der Waals surface area contributed by atoms with Gasteiger partial charge in [-0.1, -0.05) is 0 Å². The predicted molar refractivity (Wildman–Crippen MR) is 25.0 cm³/mol. The Bertz CT molecular complexity index is 64.5. The summed E-state index contributed by atoms with van der Waals surface area (Å²) in [5.74, 6) is 0.194. The van der Waals surface area contributed by atoms with E-state index in [9.17, 15) is 4.79 Å². The molecule has 0 radical (unpaired) electrons. The minimum Gasteiger partial charge on any atom is -0.381 e. The van der Waals surface area contributed by atoms with Crippen LogP contribution in [0.15, 0.2) is 0 Å². The number of carbonyl (C=O) groups is 1. The van der Waals surface area contributed by atoms with E-state index in [4.69, 9.17) is 4.74 Å². The third-order valence-corrected chi connectivity index (χ3v) is 1.16. The maximum atomic E-state index is 9.93. The Balaban J connectivity index is 2.26. The summed E-state index contributed by atoms with van der Waals surface area (Å²) in [4.78, 5) is 9.93. The van der Waals surface area contributed by atoms with E-state index >= 15 is 0 Å². The van der Waals surface area contributed by atoms with Crippen molar-refractivity contribution >= 4 is 6.29 Å². The largest absolute Gasteiger partial charge is 0.381 e. The average Bonchev–Trinajstić information content (AvgIpc) is 2.14. The minimum atomic E-state index is 0.194. The predicted octanol–water partition coefficient (Wildman–Crippen LogP) is 0.222. The molecule has 0 aromatic carbocycles. The van der Waals surface area contributed by atoms with Gasteiger partial charge in [-0.3, -0.25) is 0 Å². The lowest BCUT2D eigenvalue weighted by atomic mass is 10.2. The van der Waals surface area contributed by atoms with Crippen molar-refractivity contribution < 1.29 is 9.53 Å². The molecule has 1 aliphatic heterocycles. The van der Waals surface area contributed by atoms with Gasteiger partial charge >= 0.3 is 0 Å². The third-order valence-electron chi connectivity index (χ3n) is 1.16. The number of rotatable bonds is 1. The van der Waals surface area contributed by atoms with Gasteiger partial charge in [0.15, 0.2) is 0 Å². The van der Waals surface area contributed by atoms with Crippen molar-refractivity contribution in [3.8, 4) is 0 Å². The van der Waals surface area contributed by atoms with Crippen molar-refractivity contribution in [2.75, 3.05) is 13.2 Å². The number of hydrogen-bond acceptors (Lipinski definition) is 2. The molecule has 1 rings (SSSR count). The van der Waals surface area contributed by atoms with Gasteiger partial charge < -0.3 is 9.53 Å². The highest BCUT2D eigenvalue weighted by molar-refractivity contribution is 5.53. The lowest BCUT2D eigenvalue weighted by Gasteiger charge is -1.88. The lowest BCUT2D eigenvalue weighted by molar-refractivity contribution is -0.111. The molecule has 1 fully saturated rings. The Hall–Kier alpha value is -0.370. The first kappa shape index (κ1) is 4.78. The van der Waals surface area contributed by atoms with Gasteiger partial charge in [0, 0.05) is 12.5 Å². The van der Waals surface area contributed by atoms with Crippen molar-refractivity contribution in [1.29, 1.82) is 0 Å². The molecule has 0 bridgehead atoms. The zero-order valence-corrected chi connectivity index (χ0v) is 4.09. The highest BCUT2D eigenvalue weighted by Gasteiger charge is 2.12. The first-order valence-electron chi connectivity index (χ1n) is 2.46. The first-order chi connectivity index (χ1) is 3.43. The number of ether oxygens (including phenoxy) is 1. The summed E-state index contributed by atoms with van der Waals surface area (Å²) in [6.45, 7) is 1.41. The van der Waals surface area contributed by atoms with Gasteiger partial charge in [-0.2, -0.15) is 0 Å². The summed E-state index contributed by atoms with van der Waals surface area (Å²) in [6.07, 6.45) is 1.89. The standard InChI is InChI=1S/C5H8O2/c6-3-5-1-2-7-4-5/h3,5H,1-2,4H2/t5-/m0/s1. The SMILES string of the molecule is O=C[C@@H]1CCOC1. The van der Waals surface area contributed by atoms with E-state index in [0.29, 0.717) is 6.61 Å². The molecule has 0 amide bonds. The van der Waals surface area contributed by atoms with Gasteiger partial charge in [-0.25, -0.2) is 0 Å². The second-order valence-electron chi connectivity index (χ2n) is 1.76. The fraction of sp³-hybridized carbons (Fsp3) is 0.800. The van der Waals surface area contributed by atoms with E-state index in [2.05, 4.69) is 0 Å². The molecular formula is C5H8O2. The molecule has 7 heavy (non-hydrogen) atoms. The molecule has 2 heteroatoms. The molecule has 0 spiro atoms. The van der Waals surface area contributed by atoms with Crippen LogP contribution in [0.25, 0.3) is 0 Å². The number of carbonyl (C=O) groups excluding carboxylic acids is 1. The second-order valence-corrected chi connectivity index (χ2v) is 1.76. The van der Waals surface area contributed by atoms with Crippen LogP contribution in [0.2, 0.25) is 0 Å². The molecule has 40 valence electrons. The average molecular weight is 100 g/mol. The zero-order chi connectivity index (χ0) is 5.11. The van der Waals surface area contributed by atoms with Crippen molar-refractivity contribution in [2.45, 2.75) is 6.42 Å². The van der Waals surface area contributed by atoms with Gasteiger partial charge in [0.05, 0.1) is 6.61 Å². The monoisotopic (exact) mass is 100 g/mol. The summed E-state index contributed by atoms with van der Waals surface area (Å²) in [5.41, 5.74) is 0. The summed E-state index contributed by atoms with van der Waals surface area (Å²) in [5, 5.41) is 0. The first-order valence-corrected chi connectivity index (χ1v) is 2.46. The molecule has 0 saturated carbocycles. The van der Waals surface area contributed by atoms with E-state index in [1.807, 2.05) is 0 Å². The Morgan fingerprint density at radius 2 is 2.57 bits per heavy atom. The quantitative estimate of drug-likeness (QED) is 0.441. The summed E-state index contributed by atoms with van der Waals surface area (Å²) >= 11 is 0. The fourth-order valence-corrected chi connectivity index (χ4v) is 0.660. The molecular weight excluding hydrogens is 92.1 g/mol.